The molecule has 3 rings (SSSR count). The molecule has 0 bridgehead atoms. The number of carbonyl (C=O) groups is 1. The van der Waals surface area contributed by atoms with Gasteiger partial charge in [0.1, 0.15) is 0 Å². The van der Waals surface area contributed by atoms with E-state index in [-0.39, 0.29) is 18.3 Å². The Bertz CT molecular complexity index is 817. The van der Waals surface area contributed by atoms with Crippen molar-refractivity contribution in [2.24, 2.45) is 0 Å². The highest BCUT2D eigenvalue weighted by Gasteiger charge is 2.30. The fourth-order valence-corrected chi connectivity index (χ4v) is 2.89. The summed E-state index contributed by atoms with van der Waals surface area (Å²) in [5.41, 5.74) is 2.09. The summed E-state index contributed by atoms with van der Waals surface area (Å²) >= 11 is 0. The molecule has 27 heavy (non-hydrogen) atoms. The standard InChI is InChI=1S/C20H19F3N2O.ClH/c21-20(22,23)16-7-5-15(6-8-16)17-3-1-2-4-18(17)19(26)25-13-14-9-11-24-12-10-14;/h1-9,24H,10-13H2,(H,25,26);1H. The van der Waals surface area contributed by atoms with Crippen LogP contribution in [0, 0.1) is 0 Å². The van der Waals surface area contributed by atoms with Gasteiger partial charge in [0.05, 0.1) is 5.56 Å². The monoisotopic (exact) mass is 396 g/mol. The molecule has 0 saturated heterocycles. The van der Waals surface area contributed by atoms with E-state index < -0.39 is 11.7 Å². The Labute approximate surface area is 162 Å². The zero-order chi connectivity index (χ0) is 18.6. The summed E-state index contributed by atoms with van der Waals surface area (Å²) < 4.78 is 38.2. The maximum Gasteiger partial charge on any atom is 0.416 e. The molecule has 7 heteroatoms. The molecule has 0 unspecified atom stereocenters. The predicted molar refractivity (Wildman–Crippen MR) is 102 cm³/mol. The Morgan fingerprint density at radius 1 is 1.07 bits per heavy atom. The normalized spacial score (nSPS) is 14.1. The van der Waals surface area contributed by atoms with Crippen molar-refractivity contribution in [3.8, 4) is 11.1 Å². The summed E-state index contributed by atoms with van der Waals surface area (Å²) in [4.78, 5) is 12.6. The minimum Gasteiger partial charge on any atom is -0.348 e. The van der Waals surface area contributed by atoms with E-state index in [9.17, 15) is 18.0 Å². The van der Waals surface area contributed by atoms with Crippen LogP contribution in [0.5, 0.6) is 0 Å². The van der Waals surface area contributed by atoms with E-state index in [4.69, 9.17) is 0 Å². The molecule has 0 aliphatic carbocycles. The van der Waals surface area contributed by atoms with Gasteiger partial charge in [-0.25, -0.2) is 0 Å². The van der Waals surface area contributed by atoms with E-state index in [1.165, 1.54) is 17.7 Å². The fraction of sp³-hybridized carbons (Fsp3) is 0.250. The van der Waals surface area contributed by atoms with Crippen LogP contribution in [0.4, 0.5) is 13.2 Å². The first-order chi connectivity index (χ1) is 12.4. The molecule has 2 N–H and O–H groups in total. The molecule has 2 aromatic rings. The molecule has 0 atom stereocenters. The van der Waals surface area contributed by atoms with Gasteiger partial charge in [-0.1, -0.05) is 42.0 Å². The number of rotatable bonds is 4. The Kier molecular flexibility index (Phi) is 7.05. The van der Waals surface area contributed by atoms with Crippen molar-refractivity contribution in [2.45, 2.75) is 12.6 Å². The highest BCUT2D eigenvalue weighted by atomic mass is 35.5. The van der Waals surface area contributed by atoms with Gasteiger partial charge in [0, 0.05) is 18.7 Å². The van der Waals surface area contributed by atoms with Crippen LogP contribution in [0.3, 0.4) is 0 Å². The molecule has 0 aromatic heterocycles. The second-order valence-corrected chi connectivity index (χ2v) is 6.12. The van der Waals surface area contributed by atoms with Crippen LogP contribution in [0.25, 0.3) is 11.1 Å². The van der Waals surface area contributed by atoms with Crippen LogP contribution in [0.1, 0.15) is 22.3 Å². The highest BCUT2D eigenvalue weighted by molar-refractivity contribution is 6.01. The third-order valence-corrected chi connectivity index (χ3v) is 4.33. The zero-order valence-electron chi connectivity index (χ0n) is 14.5. The molecule has 1 aliphatic rings. The number of carbonyl (C=O) groups excluding carboxylic acids is 1. The Balaban J connectivity index is 0.00000261. The molecular formula is C20H20ClF3N2O. The zero-order valence-corrected chi connectivity index (χ0v) is 15.3. The number of alkyl halides is 3. The Morgan fingerprint density at radius 2 is 1.78 bits per heavy atom. The molecule has 0 fully saturated rings. The maximum atomic E-state index is 12.7. The number of halogens is 4. The van der Waals surface area contributed by atoms with Gasteiger partial charge in [0.15, 0.2) is 0 Å². The van der Waals surface area contributed by atoms with E-state index in [0.717, 1.165) is 31.6 Å². The van der Waals surface area contributed by atoms with Crippen LogP contribution >= 0.6 is 12.4 Å². The largest absolute Gasteiger partial charge is 0.416 e. The summed E-state index contributed by atoms with van der Waals surface area (Å²) in [6.07, 6.45) is -1.43. The van der Waals surface area contributed by atoms with E-state index in [0.29, 0.717) is 23.2 Å². The number of nitrogens with one attached hydrogen (secondary N) is 2. The molecule has 144 valence electrons. The number of benzene rings is 2. The molecule has 1 amide bonds. The average Bonchev–Trinajstić information content (AvgIpc) is 2.66. The summed E-state index contributed by atoms with van der Waals surface area (Å²) in [6, 6.07) is 11.8. The van der Waals surface area contributed by atoms with Crippen molar-refractivity contribution in [2.75, 3.05) is 19.6 Å². The summed E-state index contributed by atoms with van der Waals surface area (Å²) in [7, 11) is 0. The fourth-order valence-electron chi connectivity index (χ4n) is 2.89. The van der Waals surface area contributed by atoms with Crippen LogP contribution in [-0.2, 0) is 6.18 Å². The van der Waals surface area contributed by atoms with Crippen LogP contribution < -0.4 is 10.6 Å². The lowest BCUT2D eigenvalue weighted by molar-refractivity contribution is -0.137. The second-order valence-electron chi connectivity index (χ2n) is 6.12. The number of hydrogen-bond donors (Lipinski definition) is 2. The quantitative estimate of drug-likeness (QED) is 0.750. The summed E-state index contributed by atoms with van der Waals surface area (Å²) in [5.74, 6) is -0.236. The molecule has 2 aromatic carbocycles. The molecule has 0 radical (unpaired) electrons. The Morgan fingerprint density at radius 3 is 2.41 bits per heavy atom. The minimum atomic E-state index is -4.38. The number of amides is 1. The summed E-state index contributed by atoms with van der Waals surface area (Å²) in [5, 5.41) is 6.11. The lowest BCUT2D eigenvalue weighted by Crippen LogP contribution is -2.29. The molecule has 1 heterocycles. The SMILES string of the molecule is Cl.O=C(NCC1=CCNCC1)c1ccccc1-c1ccc(C(F)(F)F)cc1. The van der Waals surface area contributed by atoms with E-state index in [2.05, 4.69) is 16.7 Å². The van der Waals surface area contributed by atoms with Gasteiger partial charge in [-0.05, 0) is 42.3 Å². The Hall–Kier alpha value is -2.31. The van der Waals surface area contributed by atoms with Gasteiger partial charge in [-0.2, -0.15) is 13.2 Å². The van der Waals surface area contributed by atoms with Gasteiger partial charge in [-0.15, -0.1) is 12.4 Å². The van der Waals surface area contributed by atoms with Gasteiger partial charge < -0.3 is 10.6 Å². The third kappa shape index (κ3) is 5.34. The third-order valence-electron chi connectivity index (χ3n) is 4.33. The van der Waals surface area contributed by atoms with Crippen molar-refractivity contribution in [3.63, 3.8) is 0 Å². The first-order valence-corrected chi connectivity index (χ1v) is 8.38. The number of hydrogen-bond acceptors (Lipinski definition) is 2. The molecule has 0 saturated carbocycles. The molecule has 0 spiro atoms. The van der Waals surface area contributed by atoms with Gasteiger partial charge in [0.25, 0.3) is 5.91 Å². The second kappa shape index (κ2) is 9.06. The molecule has 3 nitrogen and oxygen atoms in total. The highest BCUT2D eigenvalue weighted by Crippen LogP contribution is 2.31. The predicted octanol–water partition coefficient (Wildman–Crippen LogP) is 4.44. The first kappa shape index (κ1) is 21.0. The van der Waals surface area contributed by atoms with Crippen molar-refractivity contribution in [1.29, 1.82) is 0 Å². The lowest BCUT2D eigenvalue weighted by Gasteiger charge is -2.16. The van der Waals surface area contributed by atoms with E-state index in [1.807, 2.05) is 0 Å². The van der Waals surface area contributed by atoms with Gasteiger partial charge in [0.2, 0.25) is 0 Å². The van der Waals surface area contributed by atoms with Crippen molar-refractivity contribution >= 4 is 18.3 Å². The van der Waals surface area contributed by atoms with Crippen LogP contribution in [-0.4, -0.2) is 25.5 Å². The van der Waals surface area contributed by atoms with Crippen molar-refractivity contribution in [3.05, 3.63) is 71.3 Å². The molecular weight excluding hydrogens is 377 g/mol. The van der Waals surface area contributed by atoms with Crippen LogP contribution in [0.15, 0.2) is 60.2 Å². The maximum absolute atomic E-state index is 12.7. The molecule has 1 aliphatic heterocycles. The lowest BCUT2D eigenvalue weighted by atomic mass is 9.98. The first-order valence-electron chi connectivity index (χ1n) is 8.38. The van der Waals surface area contributed by atoms with Crippen molar-refractivity contribution < 1.29 is 18.0 Å². The van der Waals surface area contributed by atoms with E-state index in [1.54, 1.807) is 24.3 Å². The van der Waals surface area contributed by atoms with E-state index >= 15 is 0 Å². The van der Waals surface area contributed by atoms with Crippen molar-refractivity contribution in [1.82, 2.24) is 10.6 Å². The smallest absolute Gasteiger partial charge is 0.348 e. The minimum absolute atomic E-state index is 0. The van der Waals surface area contributed by atoms with Crippen LogP contribution in [0.2, 0.25) is 0 Å². The van der Waals surface area contributed by atoms with Gasteiger partial charge in [-0.3, -0.25) is 4.79 Å². The average molecular weight is 397 g/mol. The van der Waals surface area contributed by atoms with Gasteiger partial charge >= 0.3 is 6.18 Å². The summed E-state index contributed by atoms with van der Waals surface area (Å²) in [6.45, 7) is 2.17. The topological polar surface area (TPSA) is 41.1 Å².